The Morgan fingerprint density at radius 3 is 2.70 bits per heavy atom. The van der Waals surface area contributed by atoms with Gasteiger partial charge in [0, 0.05) is 36.4 Å². The molecule has 4 bridgehead atoms. The minimum absolute atomic E-state index is 0.139. The lowest BCUT2D eigenvalue weighted by Crippen LogP contribution is -2.58. The molecule has 5 aliphatic rings. The Bertz CT molecular complexity index is 1060. The lowest BCUT2D eigenvalue weighted by molar-refractivity contribution is -0.165. The van der Waals surface area contributed by atoms with E-state index in [9.17, 15) is 19.8 Å². The standard InChI is InChI=1S/C29H39NO7/c1-14-12-15(2)29-19(13-21(35-5)27(33)30-23(14)17(4)31)10-11-20-22(29)24(32)16(3)25(26(20)37-29)36-28(34)18-8-6-7-9-18/h6-8,10-12,14,16-17,19-26,31-32H,9,13H2,1-5H3,(H,30,33)/b15-12+/t14-,16-,17-,19-,20?,21+,22?,23?,24-,25-,26-,29+/m1/s1. The summed E-state index contributed by atoms with van der Waals surface area (Å²) in [6, 6.07) is -0.505. The minimum Gasteiger partial charge on any atom is -0.456 e. The van der Waals surface area contributed by atoms with Crippen LogP contribution in [0.3, 0.4) is 0 Å². The number of hydrogen-bond donors (Lipinski definition) is 3. The molecular formula is C29H39NO7. The highest BCUT2D eigenvalue weighted by Crippen LogP contribution is 2.61. The molecule has 8 heteroatoms. The average molecular weight is 514 g/mol. The summed E-state index contributed by atoms with van der Waals surface area (Å²) >= 11 is 0. The smallest absolute Gasteiger partial charge is 0.334 e. The molecule has 0 aromatic heterocycles. The van der Waals surface area contributed by atoms with E-state index in [4.69, 9.17) is 14.2 Å². The van der Waals surface area contributed by atoms with Crippen molar-refractivity contribution >= 4 is 11.9 Å². The molecule has 0 aromatic rings. The molecule has 3 N–H and O–H groups in total. The van der Waals surface area contributed by atoms with Gasteiger partial charge in [0.15, 0.2) is 0 Å². The van der Waals surface area contributed by atoms with E-state index in [1.165, 1.54) is 7.11 Å². The second-order valence-corrected chi connectivity index (χ2v) is 11.5. The summed E-state index contributed by atoms with van der Waals surface area (Å²) in [5.74, 6) is -1.83. The van der Waals surface area contributed by atoms with Crippen LogP contribution in [0.2, 0.25) is 0 Å². The molecule has 1 saturated heterocycles. The molecule has 1 spiro atoms. The Labute approximate surface area is 218 Å². The van der Waals surface area contributed by atoms with Crippen LogP contribution in [0.4, 0.5) is 0 Å². The molecule has 2 fully saturated rings. The van der Waals surface area contributed by atoms with Gasteiger partial charge in [0.1, 0.15) is 23.9 Å². The molecule has 5 rings (SSSR count). The largest absolute Gasteiger partial charge is 0.456 e. The maximum atomic E-state index is 13.2. The third kappa shape index (κ3) is 4.13. The number of amides is 1. The van der Waals surface area contributed by atoms with E-state index in [2.05, 4.69) is 23.5 Å². The van der Waals surface area contributed by atoms with Gasteiger partial charge in [0.25, 0.3) is 0 Å². The Morgan fingerprint density at radius 2 is 2.05 bits per heavy atom. The summed E-state index contributed by atoms with van der Waals surface area (Å²) in [5, 5.41) is 25.2. The van der Waals surface area contributed by atoms with E-state index in [-0.39, 0.29) is 41.5 Å². The molecule has 1 amide bonds. The third-order valence-electron chi connectivity index (χ3n) is 9.33. The van der Waals surface area contributed by atoms with Gasteiger partial charge in [-0.2, -0.15) is 0 Å². The van der Waals surface area contributed by atoms with Crippen LogP contribution in [0.25, 0.3) is 0 Å². The van der Waals surface area contributed by atoms with Gasteiger partial charge >= 0.3 is 5.97 Å². The van der Waals surface area contributed by atoms with Crippen LogP contribution >= 0.6 is 0 Å². The summed E-state index contributed by atoms with van der Waals surface area (Å²) < 4.78 is 18.6. The minimum atomic E-state index is -0.890. The van der Waals surface area contributed by atoms with Gasteiger partial charge < -0.3 is 29.7 Å². The Kier molecular flexibility index (Phi) is 6.98. The van der Waals surface area contributed by atoms with Crippen molar-refractivity contribution < 1.29 is 34.0 Å². The fourth-order valence-electron chi connectivity index (χ4n) is 7.42. The predicted molar refractivity (Wildman–Crippen MR) is 136 cm³/mol. The number of aliphatic hydroxyl groups is 2. The first-order chi connectivity index (χ1) is 17.6. The summed E-state index contributed by atoms with van der Waals surface area (Å²) in [6.45, 7) is 7.55. The average Bonchev–Trinajstić information content (AvgIpc) is 3.46. The fourth-order valence-corrected chi connectivity index (χ4v) is 7.42. The summed E-state index contributed by atoms with van der Waals surface area (Å²) in [4.78, 5) is 26.1. The highest BCUT2D eigenvalue weighted by molar-refractivity contribution is 5.90. The lowest BCUT2D eigenvalue weighted by atomic mass is 9.57. The number of carbonyl (C=O) groups is 2. The molecule has 1 saturated carbocycles. The SMILES string of the molecule is CO[C@H]1C[C@H]2C=CC3C4[C@H](O)[C@@H](C)[C@@H](OC(=O)C5=CC=CC5)[C@@H]3O[C@]42/C(C)=C/[C@@H](C)C([C@@H](C)O)NC1=O. The van der Waals surface area contributed by atoms with Crippen molar-refractivity contribution in [1.82, 2.24) is 5.32 Å². The molecule has 0 radical (unpaired) electrons. The van der Waals surface area contributed by atoms with E-state index < -0.39 is 42.2 Å². The predicted octanol–water partition coefficient (Wildman–Crippen LogP) is 2.22. The quantitative estimate of drug-likeness (QED) is 0.390. The van der Waals surface area contributed by atoms with Crippen molar-refractivity contribution in [2.45, 2.75) is 82.7 Å². The van der Waals surface area contributed by atoms with Crippen LogP contribution in [0.1, 0.15) is 40.5 Å². The Balaban J connectivity index is 1.56. The number of carbonyl (C=O) groups excluding carboxylic acids is 2. The van der Waals surface area contributed by atoms with Gasteiger partial charge in [0.2, 0.25) is 5.91 Å². The highest BCUT2D eigenvalue weighted by atomic mass is 16.6. The first-order valence-electron chi connectivity index (χ1n) is 13.4. The maximum Gasteiger partial charge on any atom is 0.334 e. The maximum absolute atomic E-state index is 13.2. The first-order valence-corrected chi connectivity index (χ1v) is 13.4. The topological polar surface area (TPSA) is 114 Å². The molecule has 12 atom stereocenters. The van der Waals surface area contributed by atoms with Crippen molar-refractivity contribution in [3.05, 3.63) is 47.6 Å². The summed E-state index contributed by atoms with van der Waals surface area (Å²) in [7, 11) is 1.51. The third-order valence-corrected chi connectivity index (χ3v) is 9.33. The number of ether oxygens (including phenoxy) is 3. The van der Waals surface area contributed by atoms with Crippen molar-refractivity contribution in [2.75, 3.05) is 7.11 Å². The molecule has 2 aliphatic heterocycles. The first kappa shape index (κ1) is 26.4. The van der Waals surface area contributed by atoms with E-state index in [0.717, 1.165) is 5.57 Å². The zero-order valence-corrected chi connectivity index (χ0v) is 22.2. The number of rotatable bonds is 4. The zero-order valence-electron chi connectivity index (χ0n) is 22.2. The van der Waals surface area contributed by atoms with E-state index in [1.54, 1.807) is 13.0 Å². The molecule has 3 aliphatic carbocycles. The van der Waals surface area contributed by atoms with E-state index >= 15 is 0 Å². The van der Waals surface area contributed by atoms with Crippen LogP contribution in [-0.4, -0.2) is 71.4 Å². The van der Waals surface area contributed by atoms with Crippen LogP contribution in [0.15, 0.2) is 47.6 Å². The number of esters is 1. The van der Waals surface area contributed by atoms with Gasteiger partial charge in [-0.25, -0.2) is 4.79 Å². The monoisotopic (exact) mass is 513 g/mol. The van der Waals surface area contributed by atoms with Gasteiger partial charge in [-0.15, -0.1) is 0 Å². The summed E-state index contributed by atoms with van der Waals surface area (Å²) in [5.41, 5.74) is 0.654. The van der Waals surface area contributed by atoms with Gasteiger partial charge in [0.05, 0.1) is 18.2 Å². The summed E-state index contributed by atoms with van der Waals surface area (Å²) in [6.07, 6.45) is 9.28. The van der Waals surface area contributed by atoms with Crippen molar-refractivity contribution in [2.24, 2.45) is 29.6 Å². The number of methoxy groups -OCH3 is 1. The van der Waals surface area contributed by atoms with Crippen molar-refractivity contribution in [3.63, 3.8) is 0 Å². The molecule has 8 nitrogen and oxygen atoms in total. The van der Waals surface area contributed by atoms with Crippen molar-refractivity contribution in [1.29, 1.82) is 0 Å². The second kappa shape index (κ2) is 9.80. The molecular weight excluding hydrogens is 474 g/mol. The number of hydrogen-bond acceptors (Lipinski definition) is 7. The van der Waals surface area contributed by atoms with Crippen LogP contribution < -0.4 is 5.32 Å². The Hall–Kier alpha value is -2.26. The van der Waals surface area contributed by atoms with Gasteiger partial charge in [-0.05, 0) is 38.2 Å². The lowest BCUT2D eigenvalue weighted by Gasteiger charge is -2.49. The van der Waals surface area contributed by atoms with Crippen molar-refractivity contribution in [3.8, 4) is 0 Å². The second-order valence-electron chi connectivity index (χ2n) is 11.5. The van der Waals surface area contributed by atoms with Gasteiger partial charge in [-0.3, -0.25) is 4.79 Å². The molecule has 2 heterocycles. The van der Waals surface area contributed by atoms with Crippen LogP contribution in [-0.2, 0) is 23.8 Å². The molecule has 37 heavy (non-hydrogen) atoms. The molecule has 202 valence electrons. The van der Waals surface area contributed by atoms with E-state index in [0.29, 0.717) is 18.4 Å². The van der Waals surface area contributed by atoms with Gasteiger partial charge in [-0.1, -0.05) is 50.3 Å². The number of nitrogens with one attached hydrogen (secondary N) is 1. The Morgan fingerprint density at radius 1 is 1.30 bits per heavy atom. The molecule has 0 aromatic carbocycles. The van der Waals surface area contributed by atoms with Crippen LogP contribution in [0.5, 0.6) is 0 Å². The number of allylic oxidation sites excluding steroid dienone is 3. The normalized spacial score (nSPS) is 46.8. The van der Waals surface area contributed by atoms with Crippen LogP contribution in [0, 0.1) is 29.6 Å². The number of aliphatic hydroxyl groups excluding tert-OH is 2. The van der Waals surface area contributed by atoms with E-state index in [1.807, 2.05) is 32.9 Å². The zero-order chi connectivity index (χ0) is 26.6. The fraction of sp³-hybridized carbons (Fsp3) is 0.655. The molecule has 3 unspecified atom stereocenters. The highest BCUT2D eigenvalue weighted by Gasteiger charge is 2.69.